The number of aromatic carboxylic acids is 1. The Kier molecular flexibility index (Phi) is 5.20. The van der Waals surface area contributed by atoms with Gasteiger partial charge in [-0.1, -0.05) is 0 Å². The van der Waals surface area contributed by atoms with Gasteiger partial charge in [0.2, 0.25) is 10.0 Å². The number of pyridine rings is 1. The van der Waals surface area contributed by atoms with E-state index < -0.39 is 16.0 Å². The quantitative estimate of drug-likeness (QED) is 0.573. The van der Waals surface area contributed by atoms with Crippen molar-refractivity contribution in [1.29, 1.82) is 0 Å². The summed E-state index contributed by atoms with van der Waals surface area (Å²) in [7, 11) is -3.19. The van der Waals surface area contributed by atoms with Gasteiger partial charge in [0.15, 0.2) is 0 Å². The lowest BCUT2D eigenvalue weighted by Gasteiger charge is -2.07. The van der Waals surface area contributed by atoms with Crippen LogP contribution in [0.15, 0.2) is 18.3 Å². The molecule has 0 spiro atoms. The second kappa shape index (κ2) is 6.43. The number of nitrogens with one attached hydrogen (secondary N) is 2. The van der Waals surface area contributed by atoms with Crippen LogP contribution in [0, 0.1) is 0 Å². The normalized spacial score (nSPS) is 11.4. The van der Waals surface area contributed by atoms with E-state index in [0.29, 0.717) is 12.2 Å². The molecule has 0 unspecified atom stereocenters. The van der Waals surface area contributed by atoms with Crippen LogP contribution in [0.25, 0.3) is 0 Å². The molecule has 0 radical (unpaired) electrons. The third-order valence-corrected chi connectivity index (χ3v) is 2.81. The molecular weight excluding hydrogens is 258 g/mol. The number of hydrogen-bond acceptors (Lipinski definition) is 5. The molecule has 1 aromatic heterocycles. The number of rotatable bonds is 7. The van der Waals surface area contributed by atoms with E-state index in [4.69, 9.17) is 5.11 Å². The molecule has 0 saturated heterocycles. The van der Waals surface area contributed by atoms with Crippen LogP contribution in [-0.2, 0) is 16.6 Å². The summed E-state index contributed by atoms with van der Waals surface area (Å²) < 4.78 is 23.9. The van der Waals surface area contributed by atoms with Crippen molar-refractivity contribution >= 4 is 16.0 Å². The monoisotopic (exact) mass is 273 g/mol. The first-order chi connectivity index (χ1) is 8.40. The number of carboxylic acids is 1. The number of nitrogens with zero attached hydrogens (tertiary/aromatic N) is 1. The lowest BCUT2D eigenvalue weighted by molar-refractivity contribution is 0.0695. The number of carboxylic acid groups (broad SMARTS) is 1. The van der Waals surface area contributed by atoms with Crippen molar-refractivity contribution in [2.45, 2.75) is 6.54 Å². The van der Waals surface area contributed by atoms with Crippen molar-refractivity contribution in [1.82, 2.24) is 15.0 Å². The predicted molar refractivity (Wildman–Crippen MR) is 65.7 cm³/mol. The number of hydrogen-bond donors (Lipinski definition) is 3. The molecule has 3 N–H and O–H groups in total. The molecule has 1 aromatic rings. The smallest absolute Gasteiger partial charge is 0.337 e. The summed E-state index contributed by atoms with van der Waals surface area (Å²) in [6, 6.07) is 3.03. The van der Waals surface area contributed by atoms with E-state index in [-0.39, 0.29) is 18.7 Å². The summed E-state index contributed by atoms with van der Waals surface area (Å²) in [6.07, 6.45) is 2.59. The largest absolute Gasteiger partial charge is 0.478 e. The Bertz CT molecular complexity index is 516. The topological polar surface area (TPSA) is 108 Å². The van der Waals surface area contributed by atoms with Crippen molar-refractivity contribution < 1.29 is 18.3 Å². The van der Waals surface area contributed by atoms with Gasteiger partial charge in [-0.25, -0.2) is 17.9 Å². The molecule has 7 nitrogen and oxygen atoms in total. The van der Waals surface area contributed by atoms with Crippen molar-refractivity contribution in [2.75, 3.05) is 19.3 Å². The highest BCUT2D eigenvalue weighted by Gasteiger charge is 2.09. The zero-order chi connectivity index (χ0) is 13.6. The van der Waals surface area contributed by atoms with Gasteiger partial charge >= 0.3 is 5.97 Å². The lowest BCUT2D eigenvalue weighted by atomic mass is 10.2. The van der Waals surface area contributed by atoms with Crippen LogP contribution in [-0.4, -0.2) is 43.8 Å². The maximum atomic E-state index is 10.9. The summed E-state index contributed by atoms with van der Waals surface area (Å²) in [4.78, 5) is 14.8. The Morgan fingerprint density at radius 2 is 2.17 bits per heavy atom. The molecule has 0 aliphatic rings. The summed E-state index contributed by atoms with van der Waals surface area (Å²) in [5, 5.41) is 11.8. The Labute approximate surface area is 105 Å². The van der Waals surface area contributed by atoms with E-state index in [1.54, 1.807) is 6.07 Å². The Morgan fingerprint density at radius 1 is 1.44 bits per heavy atom. The average molecular weight is 273 g/mol. The molecule has 0 amide bonds. The fourth-order valence-electron chi connectivity index (χ4n) is 1.31. The highest BCUT2D eigenvalue weighted by molar-refractivity contribution is 7.88. The van der Waals surface area contributed by atoms with Crippen molar-refractivity contribution in [3.8, 4) is 0 Å². The van der Waals surface area contributed by atoms with Crippen LogP contribution >= 0.6 is 0 Å². The lowest BCUT2D eigenvalue weighted by Crippen LogP contribution is -2.31. The van der Waals surface area contributed by atoms with Gasteiger partial charge in [0.05, 0.1) is 17.5 Å². The molecule has 8 heteroatoms. The van der Waals surface area contributed by atoms with E-state index >= 15 is 0 Å². The highest BCUT2D eigenvalue weighted by atomic mass is 32.2. The van der Waals surface area contributed by atoms with Crippen molar-refractivity contribution in [3.05, 3.63) is 29.6 Å². The Morgan fingerprint density at radius 3 is 2.78 bits per heavy atom. The summed E-state index contributed by atoms with van der Waals surface area (Å²) in [6.45, 7) is 0.907. The molecule has 0 aromatic carbocycles. The van der Waals surface area contributed by atoms with E-state index in [0.717, 1.165) is 6.26 Å². The molecule has 100 valence electrons. The zero-order valence-corrected chi connectivity index (χ0v) is 10.7. The first-order valence-electron chi connectivity index (χ1n) is 5.22. The van der Waals surface area contributed by atoms with E-state index in [1.807, 2.05) is 0 Å². The summed E-state index contributed by atoms with van der Waals surface area (Å²) in [5.41, 5.74) is 0.561. The predicted octanol–water partition coefficient (Wildman–Crippen LogP) is -0.581. The maximum Gasteiger partial charge on any atom is 0.337 e. The van der Waals surface area contributed by atoms with Gasteiger partial charge in [0.1, 0.15) is 0 Å². The average Bonchev–Trinajstić information content (AvgIpc) is 2.27. The van der Waals surface area contributed by atoms with Crippen LogP contribution < -0.4 is 10.0 Å². The number of carbonyl (C=O) groups is 1. The van der Waals surface area contributed by atoms with Gasteiger partial charge in [0, 0.05) is 25.8 Å². The van der Waals surface area contributed by atoms with E-state index in [2.05, 4.69) is 15.0 Å². The molecule has 0 saturated carbocycles. The molecule has 1 rings (SSSR count). The van der Waals surface area contributed by atoms with Gasteiger partial charge in [-0.15, -0.1) is 0 Å². The Hall–Kier alpha value is -1.51. The van der Waals surface area contributed by atoms with Gasteiger partial charge in [-0.3, -0.25) is 4.98 Å². The van der Waals surface area contributed by atoms with Gasteiger partial charge in [-0.05, 0) is 12.1 Å². The minimum Gasteiger partial charge on any atom is -0.478 e. The Balaban J connectivity index is 2.42. The zero-order valence-electron chi connectivity index (χ0n) is 9.88. The van der Waals surface area contributed by atoms with Crippen LogP contribution in [0.3, 0.4) is 0 Å². The second-order valence-electron chi connectivity index (χ2n) is 3.65. The molecule has 0 aliphatic carbocycles. The van der Waals surface area contributed by atoms with E-state index in [9.17, 15) is 13.2 Å². The molecule has 0 atom stereocenters. The SMILES string of the molecule is CS(=O)(=O)NCCNCc1ncccc1C(=O)O. The first kappa shape index (κ1) is 14.6. The molecule has 18 heavy (non-hydrogen) atoms. The van der Waals surface area contributed by atoms with Gasteiger partial charge < -0.3 is 10.4 Å². The fourth-order valence-corrected chi connectivity index (χ4v) is 1.78. The molecule has 0 fully saturated rings. The number of aromatic nitrogens is 1. The molecule has 0 bridgehead atoms. The third kappa shape index (κ3) is 5.21. The number of sulfonamides is 1. The van der Waals surface area contributed by atoms with Crippen LogP contribution in [0.5, 0.6) is 0 Å². The summed E-state index contributed by atoms with van der Waals surface area (Å²) in [5.74, 6) is -1.03. The third-order valence-electron chi connectivity index (χ3n) is 2.08. The van der Waals surface area contributed by atoms with Crippen molar-refractivity contribution in [2.24, 2.45) is 0 Å². The molecule has 0 aliphatic heterocycles. The van der Waals surface area contributed by atoms with E-state index in [1.165, 1.54) is 12.3 Å². The minimum atomic E-state index is -3.19. The first-order valence-corrected chi connectivity index (χ1v) is 7.12. The minimum absolute atomic E-state index is 0.140. The fraction of sp³-hybridized carbons (Fsp3) is 0.400. The molecule has 1 heterocycles. The van der Waals surface area contributed by atoms with Gasteiger partial charge in [-0.2, -0.15) is 0 Å². The van der Waals surface area contributed by atoms with Crippen LogP contribution in [0.2, 0.25) is 0 Å². The van der Waals surface area contributed by atoms with Gasteiger partial charge in [0.25, 0.3) is 0 Å². The standard InChI is InChI=1S/C10H15N3O4S/c1-18(16,17)13-6-5-11-7-9-8(10(14)15)3-2-4-12-9/h2-4,11,13H,5-7H2,1H3,(H,14,15). The molecular formula is C10H15N3O4S. The maximum absolute atomic E-state index is 10.9. The van der Waals surface area contributed by atoms with Crippen LogP contribution in [0.4, 0.5) is 0 Å². The van der Waals surface area contributed by atoms with Crippen molar-refractivity contribution in [3.63, 3.8) is 0 Å². The second-order valence-corrected chi connectivity index (χ2v) is 5.48. The van der Waals surface area contributed by atoms with Crippen LogP contribution in [0.1, 0.15) is 16.1 Å². The highest BCUT2D eigenvalue weighted by Crippen LogP contribution is 2.04. The summed E-state index contributed by atoms with van der Waals surface area (Å²) >= 11 is 0.